The number of thioether (sulfide) groups is 1. The highest BCUT2D eigenvalue weighted by molar-refractivity contribution is 7.99. The summed E-state index contributed by atoms with van der Waals surface area (Å²) < 4.78 is 0. The fourth-order valence-corrected chi connectivity index (χ4v) is 3.09. The minimum atomic E-state index is -0.149. The fraction of sp³-hybridized carbons (Fsp3) is 0.412. The van der Waals surface area contributed by atoms with Gasteiger partial charge in [0.15, 0.2) is 0 Å². The Morgan fingerprint density at radius 2 is 1.90 bits per heavy atom. The molecule has 0 saturated heterocycles. The first-order valence-corrected chi connectivity index (χ1v) is 8.07. The minimum Gasteiger partial charge on any atom is -0.394 e. The topological polar surface area (TPSA) is 32.3 Å². The number of likely N-dealkylation sites (N-methyl/N-ethyl adjacent to an activating group) is 1. The molecular weight excluding hydrogens is 266 g/mol. The van der Waals surface area contributed by atoms with E-state index >= 15 is 0 Å². The maximum Gasteiger partial charge on any atom is 0.0610 e. The standard InChI is InChI=1S/C17H23NOS/c1-17(13-19,18-2)10-5-11-20-16-9-8-14-6-3-4-7-15(14)12-16/h3-4,6-9,12,18-19H,5,10-11,13H2,1-2H3. The molecule has 2 rings (SSSR count). The first-order valence-electron chi connectivity index (χ1n) is 7.08. The largest absolute Gasteiger partial charge is 0.394 e. The van der Waals surface area contributed by atoms with Crippen molar-refractivity contribution in [3.05, 3.63) is 42.5 Å². The lowest BCUT2D eigenvalue weighted by Crippen LogP contribution is -2.43. The number of aliphatic hydroxyl groups excluding tert-OH is 1. The molecular formula is C17H23NOS. The monoisotopic (exact) mass is 289 g/mol. The van der Waals surface area contributed by atoms with Crippen LogP contribution in [0.4, 0.5) is 0 Å². The van der Waals surface area contributed by atoms with Crippen LogP contribution >= 0.6 is 11.8 Å². The third kappa shape index (κ3) is 3.98. The van der Waals surface area contributed by atoms with Crippen molar-refractivity contribution in [3.8, 4) is 0 Å². The minimum absolute atomic E-state index is 0.149. The lowest BCUT2D eigenvalue weighted by Gasteiger charge is -2.26. The molecule has 20 heavy (non-hydrogen) atoms. The van der Waals surface area contributed by atoms with Crippen molar-refractivity contribution in [2.24, 2.45) is 0 Å². The smallest absolute Gasteiger partial charge is 0.0610 e. The number of benzene rings is 2. The summed E-state index contributed by atoms with van der Waals surface area (Å²) in [5.41, 5.74) is -0.149. The van der Waals surface area contributed by atoms with Crippen LogP contribution in [0.25, 0.3) is 10.8 Å². The Bertz CT molecular complexity index is 551. The summed E-state index contributed by atoms with van der Waals surface area (Å²) in [4.78, 5) is 1.32. The van der Waals surface area contributed by atoms with Gasteiger partial charge in [-0.2, -0.15) is 0 Å². The van der Waals surface area contributed by atoms with Crippen molar-refractivity contribution in [1.29, 1.82) is 0 Å². The highest BCUT2D eigenvalue weighted by Gasteiger charge is 2.19. The zero-order chi connectivity index (χ0) is 14.4. The van der Waals surface area contributed by atoms with Gasteiger partial charge in [-0.3, -0.25) is 0 Å². The van der Waals surface area contributed by atoms with Gasteiger partial charge in [0.2, 0.25) is 0 Å². The van der Waals surface area contributed by atoms with Gasteiger partial charge in [-0.15, -0.1) is 11.8 Å². The molecule has 2 nitrogen and oxygen atoms in total. The third-order valence-electron chi connectivity index (χ3n) is 3.82. The van der Waals surface area contributed by atoms with Gasteiger partial charge in [-0.05, 0) is 55.5 Å². The highest BCUT2D eigenvalue weighted by Crippen LogP contribution is 2.25. The normalized spacial score (nSPS) is 14.3. The van der Waals surface area contributed by atoms with E-state index in [0.29, 0.717) is 0 Å². The first kappa shape index (κ1) is 15.4. The molecule has 0 aromatic heterocycles. The van der Waals surface area contributed by atoms with Gasteiger partial charge in [0.25, 0.3) is 0 Å². The van der Waals surface area contributed by atoms with Crippen molar-refractivity contribution in [2.45, 2.75) is 30.2 Å². The molecule has 1 atom stereocenters. The zero-order valence-corrected chi connectivity index (χ0v) is 13.0. The summed E-state index contributed by atoms with van der Waals surface area (Å²) in [6.07, 6.45) is 2.08. The molecule has 0 spiro atoms. The van der Waals surface area contributed by atoms with Crippen LogP contribution in [0.3, 0.4) is 0 Å². The van der Waals surface area contributed by atoms with Crippen LogP contribution in [-0.4, -0.2) is 30.1 Å². The van der Waals surface area contributed by atoms with Gasteiger partial charge < -0.3 is 10.4 Å². The molecule has 0 amide bonds. The molecule has 0 aliphatic rings. The highest BCUT2D eigenvalue weighted by atomic mass is 32.2. The van der Waals surface area contributed by atoms with Crippen LogP contribution in [-0.2, 0) is 0 Å². The fourth-order valence-electron chi connectivity index (χ4n) is 2.19. The second kappa shape index (κ2) is 7.11. The summed E-state index contributed by atoms with van der Waals surface area (Å²) >= 11 is 1.89. The van der Waals surface area contributed by atoms with E-state index in [2.05, 4.69) is 54.7 Å². The molecule has 2 aromatic rings. The predicted octanol–water partition coefficient (Wildman–Crippen LogP) is 3.68. The van der Waals surface area contributed by atoms with Crippen LogP contribution in [0.2, 0.25) is 0 Å². The Labute approximate surface area is 125 Å². The lowest BCUT2D eigenvalue weighted by atomic mass is 9.98. The lowest BCUT2D eigenvalue weighted by molar-refractivity contribution is 0.173. The third-order valence-corrected chi connectivity index (χ3v) is 4.90. The Hall–Kier alpha value is -1.03. The van der Waals surface area contributed by atoms with Crippen molar-refractivity contribution in [2.75, 3.05) is 19.4 Å². The average Bonchev–Trinajstić information content (AvgIpc) is 2.51. The zero-order valence-electron chi connectivity index (χ0n) is 12.2. The molecule has 2 aromatic carbocycles. The number of rotatable bonds is 7. The number of hydrogen-bond donors (Lipinski definition) is 2. The van der Waals surface area contributed by atoms with E-state index < -0.39 is 0 Å². The SMILES string of the molecule is CNC(C)(CO)CCCSc1ccc2ccccc2c1. The molecule has 0 aliphatic carbocycles. The molecule has 3 heteroatoms. The molecule has 2 N–H and O–H groups in total. The summed E-state index contributed by atoms with van der Waals surface area (Å²) in [5, 5.41) is 15.1. The van der Waals surface area contributed by atoms with E-state index in [-0.39, 0.29) is 12.1 Å². The Morgan fingerprint density at radius 3 is 2.60 bits per heavy atom. The predicted molar refractivity (Wildman–Crippen MR) is 88.5 cm³/mol. The van der Waals surface area contributed by atoms with Gasteiger partial charge in [-0.1, -0.05) is 30.3 Å². The number of aliphatic hydroxyl groups is 1. The van der Waals surface area contributed by atoms with Crippen molar-refractivity contribution in [3.63, 3.8) is 0 Å². The van der Waals surface area contributed by atoms with Gasteiger partial charge >= 0.3 is 0 Å². The van der Waals surface area contributed by atoms with E-state index in [0.717, 1.165) is 18.6 Å². The first-order chi connectivity index (χ1) is 9.67. The summed E-state index contributed by atoms with van der Waals surface area (Å²) in [7, 11) is 1.91. The molecule has 0 bridgehead atoms. The van der Waals surface area contributed by atoms with E-state index in [4.69, 9.17) is 0 Å². The van der Waals surface area contributed by atoms with Crippen LogP contribution in [0.5, 0.6) is 0 Å². The van der Waals surface area contributed by atoms with E-state index in [9.17, 15) is 5.11 Å². The van der Waals surface area contributed by atoms with E-state index in [1.807, 2.05) is 18.8 Å². The van der Waals surface area contributed by atoms with Crippen LogP contribution in [0.15, 0.2) is 47.4 Å². The van der Waals surface area contributed by atoms with Crippen molar-refractivity contribution < 1.29 is 5.11 Å². The van der Waals surface area contributed by atoms with Gasteiger partial charge in [0, 0.05) is 10.4 Å². The molecule has 0 aliphatic heterocycles. The summed E-state index contributed by atoms with van der Waals surface area (Å²) in [6, 6.07) is 15.1. The van der Waals surface area contributed by atoms with Gasteiger partial charge in [-0.25, -0.2) is 0 Å². The number of nitrogens with one attached hydrogen (secondary N) is 1. The van der Waals surface area contributed by atoms with Crippen LogP contribution in [0, 0.1) is 0 Å². The Balaban J connectivity index is 1.87. The van der Waals surface area contributed by atoms with Crippen LogP contribution < -0.4 is 5.32 Å². The van der Waals surface area contributed by atoms with E-state index in [1.165, 1.54) is 15.7 Å². The van der Waals surface area contributed by atoms with Gasteiger partial charge in [0.1, 0.15) is 0 Å². The molecule has 108 valence electrons. The Morgan fingerprint density at radius 1 is 1.15 bits per heavy atom. The maximum atomic E-state index is 9.35. The summed E-state index contributed by atoms with van der Waals surface area (Å²) in [5.74, 6) is 1.08. The summed E-state index contributed by atoms with van der Waals surface area (Å²) in [6.45, 7) is 2.25. The van der Waals surface area contributed by atoms with Gasteiger partial charge in [0.05, 0.1) is 6.61 Å². The average molecular weight is 289 g/mol. The second-order valence-electron chi connectivity index (χ2n) is 5.43. The molecule has 0 saturated carbocycles. The second-order valence-corrected chi connectivity index (χ2v) is 6.60. The van der Waals surface area contributed by atoms with Crippen LogP contribution in [0.1, 0.15) is 19.8 Å². The molecule has 0 fully saturated rings. The quantitative estimate of drug-likeness (QED) is 0.602. The molecule has 0 radical (unpaired) electrons. The Kier molecular flexibility index (Phi) is 5.46. The number of fused-ring (bicyclic) bond motifs is 1. The number of hydrogen-bond acceptors (Lipinski definition) is 3. The van der Waals surface area contributed by atoms with Crippen molar-refractivity contribution in [1.82, 2.24) is 5.32 Å². The molecule has 0 heterocycles. The maximum absolute atomic E-state index is 9.35. The molecule has 1 unspecified atom stereocenters. The van der Waals surface area contributed by atoms with E-state index in [1.54, 1.807) is 0 Å². The van der Waals surface area contributed by atoms with Crippen molar-refractivity contribution >= 4 is 22.5 Å².